The van der Waals surface area contributed by atoms with Crippen LogP contribution >= 0.6 is 27.5 Å². The molecule has 6 heteroatoms. The monoisotopic (exact) mass is 485 g/mol. The van der Waals surface area contributed by atoms with Gasteiger partial charge >= 0.3 is 5.97 Å². The SMILES string of the molecule is CCn1c(C(=O)O)c(CCCOc2cccc3ccccc23)c2ccc(Cl)c(Br)c21. The molecular weight excluding hydrogens is 466 g/mol. The van der Waals surface area contributed by atoms with Crippen molar-refractivity contribution in [3.05, 3.63) is 75.4 Å². The van der Waals surface area contributed by atoms with E-state index >= 15 is 0 Å². The zero-order valence-corrected chi connectivity index (χ0v) is 18.8. The minimum Gasteiger partial charge on any atom is -0.493 e. The number of hydrogen-bond acceptors (Lipinski definition) is 2. The Morgan fingerprint density at radius 2 is 1.87 bits per heavy atom. The molecule has 0 unspecified atom stereocenters. The van der Waals surface area contributed by atoms with Gasteiger partial charge in [-0.2, -0.15) is 0 Å². The fraction of sp³-hybridized carbons (Fsp3) is 0.208. The highest BCUT2D eigenvalue weighted by atomic mass is 79.9. The molecule has 4 nitrogen and oxygen atoms in total. The molecule has 1 N–H and O–H groups in total. The van der Waals surface area contributed by atoms with Crippen LogP contribution in [0.2, 0.25) is 5.02 Å². The quantitative estimate of drug-likeness (QED) is 0.288. The summed E-state index contributed by atoms with van der Waals surface area (Å²) in [4.78, 5) is 12.1. The fourth-order valence-corrected chi connectivity index (χ4v) is 4.73. The Kier molecular flexibility index (Phi) is 6.02. The van der Waals surface area contributed by atoms with E-state index in [0.29, 0.717) is 36.7 Å². The van der Waals surface area contributed by atoms with E-state index in [1.807, 2.05) is 47.9 Å². The van der Waals surface area contributed by atoms with Gasteiger partial charge in [0.25, 0.3) is 0 Å². The predicted molar refractivity (Wildman–Crippen MR) is 125 cm³/mol. The molecule has 0 aliphatic heterocycles. The summed E-state index contributed by atoms with van der Waals surface area (Å²) in [6.07, 6.45) is 1.30. The average Bonchev–Trinajstić information content (AvgIpc) is 3.08. The zero-order valence-electron chi connectivity index (χ0n) is 16.5. The Labute approximate surface area is 188 Å². The van der Waals surface area contributed by atoms with Crippen LogP contribution in [0.1, 0.15) is 29.4 Å². The van der Waals surface area contributed by atoms with Crippen LogP contribution in [-0.4, -0.2) is 22.2 Å². The van der Waals surface area contributed by atoms with Gasteiger partial charge in [0.1, 0.15) is 11.4 Å². The molecule has 4 aromatic rings. The van der Waals surface area contributed by atoms with Gasteiger partial charge in [0, 0.05) is 17.3 Å². The minimum atomic E-state index is -0.930. The number of carboxylic acids is 1. The number of aromatic nitrogens is 1. The lowest BCUT2D eigenvalue weighted by Gasteiger charge is -2.10. The number of rotatable bonds is 7. The molecule has 1 heterocycles. The molecule has 154 valence electrons. The van der Waals surface area contributed by atoms with E-state index in [2.05, 4.69) is 28.1 Å². The Morgan fingerprint density at radius 3 is 2.63 bits per heavy atom. The van der Waals surface area contributed by atoms with Crippen molar-refractivity contribution in [2.75, 3.05) is 6.61 Å². The number of fused-ring (bicyclic) bond motifs is 2. The number of ether oxygens (including phenoxy) is 1. The zero-order chi connectivity index (χ0) is 21.3. The largest absolute Gasteiger partial charge is 0.493 e. The van der Waals surface area contributed by atoms with Crippen LogP contribution in [-0.2, 0) is 13.0 Å². The molecule has 0 aliphatic rings. The number of carboxylic acid groups (broad SMARTS) is 1. The van der Waals surface area contributed by atoms with Crippen LogP contribution in [0, 0.1) is 0 Å². The van der Waals surface area contributed by atoms with E-state index in [-0.39, 0.29) is 0 Å². The van der Waals surface area contributed by atoms with E-state index in [4.69, 9.17) is 16.3 Å². The molecule has 0 bridgehead atoms. The highest BCUT2D eigenvalue weighted by Crippen LogP contribution is 2.37. The molecule has 4 rings (SSSR count). The van der Waals surface area contributed by atoms with Crippen LogP contribution in [0.5, 0.6) is 5.75 Å². The maximum Gasteiger partial charge on any atom is 0.352 e. The number of aryl methyl sites for hydroxylation is 2. The first-order valence-corrected chi connectivity index (χ1v) is 11.0. The number of hydrogen-bond donors (Lipinski definition) is 1. The first kappa shape index (κ1) is 20.8. The second-order valence-corrected chi connectivity index (χ2v) is 8.26. The van der Waals surface area contributed by atoms with Crippen molar-refractivity contribution in [3.8, 4) is 5.75 Å². The van der Waals surface area contributed by atoms with Gasteiger partial charge in [0.2, 0.25) is 0 Å². The lowest BCUT2D eigenvalue weighted by atomic mass is 10.1. The molecule has 1 aromatic heterocycles. The molecule has 30 heavy (non-hydrogen) atoms. The van der Waals surface area contributed by atoms with Crippen LogP contribution < -0.4 is 4.74 Å². The molecule has 0 saturated carbocycles. The number of halogens is 2. The standard InChI is InChI=1S/C24H21BrClNO3/c1-2-27-22-18(12-13-19(26)21(22)25)17(23(27)24(28)29)10-6-14-30-20-11-5-8-15-7-3-4-9-16(15)20/h3-5,7-9,11-13H,2,6,10,14H2,1H3,(H,28,29). The highest BCUT2D eigenvalue weighted by molar-refractivity contribution is 9.10. The van der Waals surface area contributed by atoms with E-state index in [9.17, 15) is 9.90 Å². The highest BCUT2D eigenvalue weighted by Gasteiger charge is 2.23. The average molecular weight is 487 g/mol. The summed E-state index contributed by atoms with van der Waals surface area (Å²) in [6.45, 7) is 2.98. The summed E-state index contributed by atoms with van der Waals surface area (Å²) in [5.41, 5.74) is 1.96. The van der Waals surface area contributed by atoms with Crippen molar-refractivity contribution in [3.63, 3.8) is 0 Å². The smallest absolute Gasteiger partial charge is 0.352 e. The summed E-state index contributed by atoms with van der Waals surface area (Å²) in [5.74, 6) is -0.0851. The Hall–Kier alpha value is -2.50. The van der Waals surface area contributed by atoms with Gasteiger partial charge in [-0.25, -0.2) is 4.79 Å². The lowest BCUT2D eigenvalue weighted by Crippen LogP contribution is -2.10. The number of carbonyl (C=O) groups is 1. The molecule has 0 aliphatic carbocycles. The van der Waals surface area contributed by atoms with Crippen molar-refractivity contribution in [1.82, 2.24) is 4.57 Å². The normalized spacial score (nSPS) is 11.3. The van der Waals surface area contributed by atoms with E-state index < -0.39 is 5.97 Å². The molecule has 0 amide bonds. The van der Waals surface area contributed by atoms with Crippen molar-refractivity contribution >= 4 is 55.2 Å². The second kappa shape index (κ2) is 8.70. The summed E-state index contributed by atoms with van der Waals surface area (Å²) < 4.78 is 8.58. The van der Waals surface area contributed by atoms with Gasteiger partial charge < -0.3 is 14.4 Å². The van der Waals surface area contributed by atoms with Crippen LogP contribution in [0.4, 0.5) is 0 Å². The predicted octanol–water partition coefficient (Wildman–Crippen LogP) is 6.94. The maximum absolute atomic E-state index is 12.1. The van der Waals surface area contributed by atoms with E-state index in [1.54, 1.807) is 6.07 Å². The number of aromatic carboxylic acids is 1. The number of benzene rings is 3. The molecule has 3 aromatic carbocycles. The Balaban J connectivity index is 1.60. The fourth-order valence-electron chi connectivity index (χ4n) is 4.02. The summed E-state index contributed by atoms with van der Waals surface area (Å²) in [5, 5.41) is 13.6. The van der Waals surface area contributed by atoms with Crippen molar-refractivity contribution in [2.24, 2.45) is 0 Å². The molecule has 0 saturated heterocycles. The van der Waals surface area contributed by atoms with Crippen LogP contribution in [0.3, 0.4) is 0 Å². The third kappa shape index (κ3) is 3.68. The van der Waals surface area contributed by atoms with Gasteiger partial charge in [0.15, 0.2) is 0 Å². The summed E-state index contributed by atoms with van der Waals surface area (Å²) in [6, 6.07) is 17.8. The van der Waals surface area contributed by atoms with Crippen molar-refractivity contribution in [2.45, 2.75) is 26.3 Å². The topological polar surface area (TPSA) is 51.5 Å². The van der Waals surface area contributed by atoms with E-state index in [0.717, 1.165) is 37.5 Å². The van der Waals surface area contributed by atoms with Crippen LogP contribution in [0.15, 0.2) is 59.1 Å². The Bertz CT molecular complexity index is 1240. The third-order valence-electron chi connectivity index (χ3n) is 5.32. The number of nitrogens with zero attached hydrogens (tertiary/aromatic N) is 1. The Morgan fingerprint density at radius 1 is 1.10 bits per heavy atom. The van der Waals surface area contributed by atoms with Gasteiger partial charge in [-0.1, -0.05) is 54.1 Å². The van der Waals surface area contributed by atoms with Gasteiger partial charge in [-0.3, -0.25) is 0 Å². The molecule has 0 fully saturated rings. The second-order valence-electron chi connectivity index (χ2n) is 7.06. The van der Waals surface area contributed by atoms with Gasteiger partial charge in [-0.15, -0.1) is 0 Å². The summed E-state index contributed by atoms with van der Waals surface area (Å²) in [7, 11) is 0. The van der Waals surface area contributed by atoms with Crippen molar-refractivity contribution in [1.29, 1.82) is 0 Å². The van der Waals surface area contributed by atoms with Crippen LogP contribution in [0.25, 0.3) is 21.7 Å². The maximum atomic E-state index is 12.1. The molecule has 0 spiro atoms. The van der Waals surface area contributed by atoms with E-state index in [1.165, 1.54) is 0 Å². The molecule has 0 radical (unpaired) electrons. The van der Waals surface area contributed by atoms with Gasteiger partial charge in [-0.05, 0) is 58.8 Å². The molecular formula is C24H21BrClNO3. The minimum absolute atomic E-state index is 0.320. The first-order chi connectivity index (χ1) is 14.5. The third-order valence-corrected chi connectivity index (χ3v) is 6.66. The first-order valence-electron chi connectivity index (χ1n) is 9.85. The van der Waals surface area contributed by atoms with Crippen molar-refractivity contribution < 1.29 is 14.6 Å². The molecule has 0 atom stereocenters. The van der Waals surface area contributed by atoms with Gasteiger partial charge in [0.05, 0.1) is 21.6 Å². The summed E-state index contributed by atoms with van der Waals surface area (Å²) >= 11 is 9.81. The lowest BCUT2D eigenvalue weighted by molar-refractivity contribution is 0.0684.